The van der Waals surface area contributed by atoms with Crippen LogP contribution in [0.3, 0.4) is 0 Å². The zero-order valence-electron chi connectivity index (χ0n) is 18.1. The second-order valence-electron chi connectivity index (χ2n) is 7.15. The number of benzene rings is 1. The van der Waals surface area contributed by atoms with Crippen LogP contribution in [0, 0.1) is 21.4 Å². The summed E-state index contributed by atoms with van der Waals surface area (Å²) >= 11 is 0. The van der Waals surface area contributed by atoms with E-state index >= 15 is 0 Å². The molecule has 0 atom stereocenters. The topological polar surface area (TPSA) is 141 Å². The largest absolute Gasteiger partial charge is 0.497 e. The Morgan fingerprint density at radius 1 is 1.03 bits per heavy atom. The Balaban J connectivity index is 1.52. The fourth-order valence-electron chi connectivity index (χ4n) is 3.54. The first-order chi connectivity index (χ1) is 17.1. The van der Waals surface area contributed by atoms with Crippen LogP contribution < -0.4 is 4.74 Å². The molecule has 0 N–H and O–H groups in total. The van der Waals surface area contributed by atoms with Crippen molar-refractivity contribution in [2.45, 2.75) is 0 Å². The van der Waals surface area contributed by atoms with Crippen molar-refractivity contribution < 1.29 is 27.3 Å². The minimum Gasteiger partial charge on any atom is -0.497 e. The lowest BCUT2D eigenvalue weighted by Gasteiger charge is -2.03. The summed E-state index contributed by atoms with van der Waals surface area (Å²) in [4.78, 5) is 15.3. The van der Waals surface area contributed by atoms with Crippen LogP contribution in [0.5, 0.6) is 5.75 Å². The van der Waals surface area contributed by atoms with Crippen LogP contribution in [0.15, 0.2) is 89.8 Å². The highest BCUT2D eigenvalue weighted by molar-refractivity contribution is 5.87. The molecule has 4 aromatic heterocycles. The van der Waals surface area contributed by atoms with Gasteiger partial charge in [-0.15, -0.1) is 0 Å². The van der Waals surface area contributed by atoms with E-state index in [2.05, 4.69) is 11.1 Å². The number of ether oxygens (including phenoxy) is 1. The van der Waals surface area contributed by atoms with Gasteiger partial charge in [0.1, 0.15) is 34.7 Å². The molecule has 0 saturated carbocycles. The summed E-state index contributed by atoms with van der Waals surface area (Å²) in [5.74, 6) is 2.07. The standard InChI is InChI=1S/C25H15N3O7/c1-31-15-6-8-17(19(12-15)28(29)30)20-9-7-16(34-20)14-27-25-18(13-26)23(21-4-2-10-32-21)24(35-25)22-5-3-11-33-22/h2-12,14H,1H3. The summed E-state index contributed by atoms with van der Waals surface area (Å²) in [7, 11) is 1.43. The van der Waals surface area contributed by atoms with Crippen LogP contribution in [-0.4, -0.2) is 18.2 Å². The van der Waals surface area contributed by atoms with E-state index in [0.29, 0.717) is 34.4 Å². The number of rotatable bonds is 7. The third-order valence-electron chi connectivity index (χ3n) is 5.12. The zero-order valence-corrected chi connectivity index (χ0v) is 18.1. The van der Waals surface area contributed by atoms with Crippen molar-refractivity contribution in [3.8, 4) is 46.0 Å². The van der Waals surface area contributed by atoms with E-state index in [4.69, 9.17) is 22.4 Å². The molecule has 0 spiro atoms. The number of nitriles is 1. The predicted octanol–water partition coefficient (Wildman–Crippen LogP) is 6.60. The molecule has 0 fully saturated rings. The Bertz CT molecular complexity index is 1570. The summed E-state index contributed by atoms with van der Waals surface area (Å²) in [6.45, 7) is 0. The molecule has 4 heterocycles. The number of nitro benzene ring substituents is 1. The Hall–Kier alpha value is -5.30. The van der Waals surface area contributed by atoms with E-state index in [1.54, 1.807) is 48.5 Å². The molecule has 0 saturated heterocycles. The molecule has 0 aliphatic carbocycles. The number of furan rings is 4. The quantitative estimate of drug-likeness (QED) is 0.147. The summed E-state index contributed by atoms with van der Waals surface area (Å²) in [5, 5.41) is 21.3. The van der Waals surface area contributed by atoms with Crippen molar-refractivity contribution >= 4 is 17.8 Å². The van der Waals surface area contributed by atoms with Crippen molar-refractivity contribution in [3.05, 3.63) is 88.6 Å². The number of hydrogen-bond acceptors (Lipinski definition) is 9. The first-order valence-electron chi connectivity index (χ1n) is 10.2. The molecule has 5 rings (SSSR count). The lowest BCUT2D eigenvalue weighted by molar-refractivity contribution is -0.384. The highest BCUT2D eigenvalue weighted by Gasteiger charge is 2.26. The van der Waals surface area contributed by atoms with Gasteiger partial charge in [0.15, 0.2) is 11.5 Å². The van der Waals surface area contributed by atoms with Gasteiger partial charge < -0.3 is 22.4 Å². The van der Waals surface area contributed by atoms with Gasteiger partial charge in [-0.05, 0) is 48.5 Å². The molecule has 0 aliphatic rings. The maximum Gasteiger partial charge on any atom is 0.284 e. The average Bonchev–Trinajstić information content (AvgIpc) is 3.68. The molecule has 172 valence electrons. The van der Waals surface area contributed by atoms with Gasteiger partial charge in [-0.2, -0.15) is 5.26 Å². The lowest BCUT2D eigenvalue weighted by Crippen LogP contribution is -1.93. The first-order valence-corrected chi connectivity index (χ1v) is 10.2. The fraction of sp³-hybridized carbons (Fsp3) is 0.0400. The molecule has 35 heavy (non-hydrogen) atoms. The molecule has 10 nitrogen and oxygen atoms in total. The molecular weight excluding hydrogens is 454 g/mol. The molecule has 0 amide bonds. The zero-order chi connectivity index (χ0) is 24.4. The normalized spacial score (nSPS) is 11.1. The maximum atomic E-state index is 11.5. The Morgan fingerprint density at radius 2 is 1.80 bits per heavy atom. The molecule has 0 aliphatic heterocycles. The maximum absolute atomic E-state index is 11.5. The van der Waals surface area contributed by atoms with Crippen LogP contribution in [0.2, 0.25) is 0 Å². The van der Waals surface area contributed by atoms with E-state index in [1.807, 2.05) is 0 Å². The first kappa shape index (κ1) is 21.5. The summed E-state index contributed by atoms with van der Waals surface area (Å²) in [5.41, 5.74) is 0.686. The molecule has 1 aromatic carbocycles. The third kappa shape index (κ3) is 3.98. The van der Waals surface area contributed by atoms with Gasteiger partial charge >= 0.3 is 0 Å². The van der Waals surface area contributed by atoms with E-state index in [0.717, 1.165) is 0 Å². The van der Waals surface area contributed by atoms with E-state index in [9.17, 15) is 15.4 Å². The molecule has 0 unspecified atom stereocenters. The van der Waals surface area contributed by atoms with Crippen LogP contribution >= 0.6 is 0 Å². The fourth-order valence-corrected chi connectivity index (χ4v) is 3.54. The second-order valence-corrected chi connectivity index (χ2v) is 7.15. The summed E-state index contributed by atoms with van der Waals surface area (Å²) in [6.07, 6.45) is 4.33. The summed E-state index contributed by atoms with van der Waals surface area (Å²) in [6, 6.07) is 16.5. The third-order valence-corrected chi connectivity index (χ3v) is 5.12. The smallest absolute Gasteiger partial charge is 0.284 e. The summed E-state index contributed by atoms with van der Waals surface area (Å²) < 4.78 is 27.6. The van der Waals surface area contributed by atoms with Crippen molar-refractivity contribution in [1.29, 1.82) is 5.26 Å². The van der Waals surface area contributed by atoms with E-state index < -0.39 is 4.92 Å². The van der Waals surface area contributed by atoms with Gasteiger partial charge in [-0.1, -0.05) is 0 Å². The predicted molar refractivity (Wildman–Crippen MR) is 123 cm³/mol. The molecule has 10 heteroatoms. The van der Waals surface area contributed by atoms with Gasteiger partial charge in [0.25, 0.3) is 5.69 Å². The number of nitro groups is 1. The minimum atomic E-state index is -0.511. The van der Waals surface area contributed by atoms with E-state index in [-0.39, 0.29) is 28.5 Å². The molecule has 5 aromatic rings. The Labute approximate surface area is 197 Å². The van der Waals surface area contributed by atoms with Crippen LogP contribution in [-0.2, 0) is 0 Å². The highest BCUT2D eigenvalue weighted by atomic mass is 16.6. The second kappa shape index (κ2) is 8.92. The minimum absolute atomic E-state index is 0.0266. The SMILES string of the molecule is COc1ccc(-c2ccc(C=Nc3oc(-c4ccco4)c(-c4ccco4)c3C#N)o2)c([N+](=O)[O-])c1. The van der Waals surface area contributed by atoms with Crippen LogP contribution in [0.25, 0.3) is 34.2 Å². The van der Waals surface area contributed by atoms with Gasteiger partial charge in [0.05, 0.1) is 48.0 Å². The van der Waals surface area contributed by atoms with Crippen molar-refractivity contribution in [2.75, 3.05) is 7.11 Å². The Kier molecular flexibility index (Phi) is 5.49. The number of nitrogens with zero attached hydrogens (tertiary/aromatic N) is 3. The van der Waals surface area contributed by atoms with E-state index in [1.165, 1.54) is 31.9 Å². The molecule has 0 radical (unpaired) electrons. The molecule has 0 bridgehead atoms. The number of aliphatic imine (C=N–C) groups is 1. The highest BCUT2D eigenvalue weighted by Crippen LogP contribution is 2.43. The number of methoxy groups -OCH3 is 1. The van der Waals surface area contributed by atoms with Crippen LogP contribution in [0.1, 0.15) is 11.3 Å². The van der Waals surface area contributed by atoms with Crippen molar-refractivity contribution in [3.63, 3.8) is 0 Å². The Morgan fingerprint density at radius 3 is 2.46 bits per heavy atom. The van der Waals surface area contributed by atoms with Gasteiger partial charge in [0.2, 0.25) is 5.88 Å². The van der Waals surface area contributed by atoms with Crippen LogP contribution in [0.4, 0.5) is 11.6 Å². The van der Waals surface area contributed by atoms with Gasteiger partial charge in [0, 0.05) is 0 Å². The monoisotopic (exact) mass is 469 g/mol. The number of hydrogen-bond donors (Lipinski definition) is 0. The van der Waals surface area contributed by atoms with Crippen molar-refractivity contribution in [1.82, 2.24) is 0 Å². The van der Waals surface area contributed by atoms with Gasteiger partial charge in [-0.25, -0.2) is 4.99 Å². The average molecular weight is 469 g/mol. The molecular formula is C25H15N3O7. The van der Waals surface area contributed by atoms with Gasteiger partial charge in [-0.3, -0.25) is 10.1 Å². The van der Waals surface area contributed by atoms with Crippen molar-refractivity contribution in [2.24, 2.45) is 4.99 Å². The lowest BCUT2D eigenvalue weighted by atomic mass is 10.1.